The fourth-order valence-corrected chi connectivity index (χ4v) is 2.97. The van der Waals surface area contributed by atoms with Crippen LogP contribution in [-0.2, 0) is 11.2 Å². The molecule has 0 bridgehead atoms. The van der Waals surface area contributed by atoms with Gasteiger partial charge in [-0.2, -0.15) is 0 Å². The van der Waals surface area contributed by atoms with Crippen molar-refractivity contribution in [2.75, 3.05) is 19.7 Å². The number of benzene rings is 1. The zero-order valence-corrected chi connectivity index (χ0v) is 13.6. The highest BCUT2D eigenvalue weighted by Crippen LogP contribution is 2.26. The molecule has 1 saturated heterocycles. The van der Waals surface area contributed by atoms with E-state index in [2.05, 4.69) is 22.9 Å². The molecular formula is C16H22BrNO2. The van der Waals surface area contributed by atoms with Gasteiger partial charge in [0, 0.05) is 13.1 Å². The fraction of sp³-hybridized carbons (Fsp3) is 0.562. The third-order valence-electron chi connectivity index (χ3n) is 3.71. The molecule has 110 valence electrons. The average Bonchev–Trinajstić information content (AvgIpc) is 2.74. The van der Waals surface area contributed by atoms with Crippen LogP contribution in [0.3, 0.4) is 0 Å². The molecule has 1 heterocycles. The van der Waals surface area contributed by atoms with E-state index in [9.17, 15) is 4.79 Å². The summed E-state index contributed by atoms with van der Waals surface area (Å²) in [6.45, 7) is 3.99. The van der Waals surface area contributed by atoms with Gasteiger partial charge < -0.3 is 9.64 Å². The van der Waals surface area contributed by atoms with E-state index in [-0.39, 0.29) is 12.5 Å². The van der Waals surface area contributed by atoms with Crippen molar-refractivity contribution in [1.29, 1.82) is 0 Å². The number of carbonyl (C=O) groups is 1. The van der Waals surface area contributed by atoms with Crippen molar-refractivity contribution in [3.8, 4) is 5.75 Å². The highest BCUT2D eigenvalue weighted by molar-refractivity contribution is 9.10. The highest BCUT2D eigenvalue weighted by Gasteiger charge is 2.16. The number of amides is 1. The Kier molecular flexibility index (Phi) is 5.89. The minimum absolute atomic E-state index is 0.0957. The normalized spacial score (nSPS) is 15.8. The Morgan fingerprint density at radius 3 is 2.55 bits per heavy atom. The number of hydrogen-bond donors (Lipinski definition) is 0. The van der Waals surface area contributed by atoms with Crippen molar-refractivity contribution in [1.82, 2.24) is 4.90 Å². The van der Waals surface area contributed by atoms with E-state index in [4.69, 9.17) is 4.74 Å². The van der Waals surface area contributed by atoms with Gasteiger partial charge in [-0.15, -0.1) is 0 Å². The van der Waals surface area contributed by atoms with E-state index in [1.807, 2.05) is 23.1 Å². The molecule has 2 rings (SSSR count). The van der Waals surface area contributed by atoms with Crippen LogP contribution in [0.25, 0.3) is 0 Å². The van der Waals surface area contributed by atoms with Gasteiger partial charge in [0.25, 0.3) is 5.91 Å². The Morgan fingerprint density at radius 2 is 1.95 bits per heavy atom. The molecule has 0 radical (unpaired) electrons. The number of ether oxygens (including phenoxy) is 1. The Bertz CT molecular complexity index is 454. The SMILES string of the molecule is CCc1ccc(OCC(=O)N2CCCCCC2)c(Br)c1. The molecule has 0 atom stereocenters. The molecule has 1 aromatic rings. The molecule has 0 saturated carbocycles. The van der Waals surface area contributed by atoms with Gasteiger partial charge in [0.15, 0.2) is 6.61 Å². The molecule has 1 amide bonds. The summed E-state index contributed by atoms with van der Waals surface area (Å²) < 4.78 is 6.57. The maximum Gasteiger partial charge on any atom is 0.260 e. The van der Waals surface area contributed by atoms with Crippen LogP contribution in [0.2, 0.25) is 0 Å². The summed E-state index contributed by atoms with van der Waals surface area (Å²) in [5.74, 6) is 0.837. The van der Waals surface area contributed by atoms with Gasteiger partial charge in [-0.3, -0.25) is 4.79 Å². The van der Waals surface area contributed by atoms with Crippen molar-refractivity contribution in [3.05, 3.63) is 28.2 Å². The monoisotopic (exact) mass is 339 g/mol. The number of aryl methyl sites for hydroxylation is 1. The zero-order chi connectivity index (χ0) is 14.4. The third kappa shape index (κ3) is 4.23. The molecule has 0 N–H and O–H groups in total. The number of hydrogen-bond acceptors (Lipinski definition) is 2. The predicted octanol–water partition coefficient (Wildman–Crippen LogP) is 3.79. The summed E-state index contributed by atoms with van der Waals surface area (Å²) in [4.78, 5) is 14.1. The minimum atomic E-state index is 0.0957. The molecule has 1 aliphatic rings. The van der Waals surface area contributed by atoms with Crippen molar-refractivity contribution in [2.45, 2.75) is 39.0 Å². The summed E-state index contributed by atoms with van der Waals surface area (Å²) in [5.41, 5.74) is 1.25. The summed E-state index contributed by atoms with van der Waals surface area (Å²) in [6, 6.07) is 6.01. The zero-order valence-electron chi connectivity index (χ0n) is 12.0. The van der Waals surface area contributed by atoms with Crippen molar-refractivity contribution in [3.63, 3.8) is 0 Å². The lowest BCUT2D eigenvalue weighted by Crippen LogP contribution is -2.35. The number of carbonyl (C=O) groups excluding carboxylic acids is 1. The summed E-state index contributed by atoms with van der Waals surface area (Å²) in [6.07, 6.45) is 5.68. The van der Waals surface area contributed by atoms with Crippen LogP contribution >= 0.6 is 15.9 Å². The van der Waals surface area contributed by atoms with E-state index in [1.165, 1.54) is 18.4 Å². The molecule has 0 spiro atoms. The Labute approximate surface area is 129 Å². The van der Waals surface area contributed by atoms with Gasteiger partial charge in [-0.1, -0.05) is 25.8 Å². The first kappa shape index (κ1) is 15.4. The van der Waals surface area contributed by atoms with Gasteiger partial charge in [-0.25, -0.2) is 0 Å². The smallest absolute Gasteiger partial charge is 0.260 e. The minimum Gasteiger partial charge on any atom is -0.483 e. The number of halogens is 1. The number of rotatable bonds is 4. The summed E-state index contributed by atoms with van der Waals surface area (Å²) in [7, 11) is 0. The molecule has 4 heteroatoms. The van der Waals surface area contributed by atoms with Crippen LogP contribution in [0.1, 0.15) is 38.2 Å². The van der Waals surface area contributed by atoms with Crippen molar-refractivity contribution < 1.29 is 9.53 Å². The largest absolute Gasteiger partial charge is 0.483 e. The van der Waals surface area contributed by atoms with E-state index in [0.717, 1.165) is 42.6 Å². The molecular weight excluding hydrogens is 318 g/mol. The van der Waals surface area contributed by atoms with Crippen LogP contribution in [0.4, 0.5) is 0 Å². The Hall–Kier alpha value is -1.03. The predicted molar refractivity (Wildman–Crippen MR) is 84.1 cm³/mol. The van der Waals surface area contributed by atoms with Crippen LogP contribution in [0.15, 0.2) is 22.7 Å². The topological polar surface area (TPSA) is 29.5 Å². The quantitative estimate of drug-likeness (QED) is 0.835. The first-order chi connectivity index (χ1) is 9.70. The first-order valence-corrected chi connectivity index (χ1v) is 8.19. The van der Waals surface area contributed by atoms with E-state index >= 15 is 0 Å². The van der Waals surface area contributed by atoms with Gasteiger partial charge in [0.2, 0.25) is 0 Å². The molecule has 1 aliphatic heterocycles. The molecule has 20 heavy (non-hydrogen) atoms. The Balaban J connectivity index is 1.89. The standard InChI is InChI=1S/C16H22BrNO2/c1-2-13-7-8-15(14(17)11-13)20-12-16(19)18-9-5-3-4-6-10-18/h7-8,11H,2-6,9-10,12H2,1H3. The van der Waals surface area contributed by atoms with E-state index in [0.29, 0.717) is 0 Å². The van der Waals surface area contributed by atoms with Crippen LogP contribution in [-0.4, -0.2) is 30.5 Å². The highest BCUT2D eigenvalue weighted by atomic mass is 79.9. The van der Waals surface area contributed by atoms with Gasteiger partial charge in [0.1, 0.15) is 5.75 Å². The molecule has 1 aromatic carbocycles. The Morgan fingerprint density at radius 1 is 1.25 bits per heavy atom. The molecule has 0 unspecified atom stereocenters. The number of nitrogens with zero attached hydrogens (tertiary/aromatic N) is 1. The molecule has 0 aliphatic carbocycles. The lowest BCUT2D eigenvalue weighted by atomic mass is 10.2. The van der Waals surface area contributed by atoms with Crippen LogP contribution in [0.5, 0.6) is 5.75 Å². The van der Waals surface area contributed by atoms with Crippen LogP contribution < -0.4 is 4.74 Å². The molecule has 1 fully saturated rings. The summed E-state index contributed by atoms with van der Waals surface area (Å²) >= 11 is 3.50. The lowest BCUT2D eigenvalue weighted by Gasteiger charge is -2.20. The molecule has 0 aromatic heterocycles. The lowest BCUT2D eigenvalue weighted by molar-refractivity contribution is -0.133. The van der Waals surface area contributed by atoms with Gasteiger partial charge in [-0.05, 0) is 52.9 Å². The second-order valence-electron chi connectivity index (χ2n) is 5.20. The van der Waals surface area contributed by atoms with Crippen molar-refractivity contribution in [2.24, 2.45) is 0 Å². The second-order valence-corrected chi connectivity index (χ2v) is 6.06. The third-order valence-corrected chi connectivity index (χ3v) is 4.33. The maximum atomic E-state index is 12.1. The first-order valence-electron chi connectivity index (χ1n) is 7.39. The van der Waals surface area contributed by atoms with E-state index < -0.39 is 0 Å². The number of likely N-dealkylation sites (tertiary alicyclic amines) is 1. The van der Waals surface area contributed by atoms with Gasteiger partial charge in [0.05, 0.1) is 4.47 Å². The fourth-order valence-electron chi connectivity index (χ4n) is 2.43. The maximum absolute atomic E-state index is 12.1. The second kappa shape index (κ2) is 7.67. The molecule has 3 nitrogen and oxygen atoms in total. The van der Waals surface area contributed by atoms with Crippen LogP contribution in [0, 0.1) is 0 Å². The van der Waals surface area contributed by atoms with Gasteiger partial charge >= 0.3 is 0 Å². The summed E-state index contributed by atoms with van der Waals surface area (Å²) in [5, 5.41) is 0. The average molecular weight is 340 g/mol. The van der Waals surface area contributed by atoms with Crippen molar-refractivity contribution >= 4 is 21.8 Å². The van der Waals surface area contributed by atoms with E-state index in [1.54, 1.807) is 0 Å².